The molecular weight excluding hydrogens is 197 g/mol. The zero-order valence-corrected chi connectivity index (χ0v) is 9.16. The van der Waals surface area contributed by atoms with Crippen LogP contribution in [0.3, 0.4) is 0 Å². The lowest BCUT2D eigenvalue weighted by atomic mass is 10.1. The molecule has 0 saturated carbocycles. The second kappa shape index (κ2) is 5.02. The van der Waals surface area contributed by atoms with Crippen molar-refractivity contribution in [1.82, 2.24) is 9.97 Å². The average Bonchev–Trinajstić information content (AvgIpc) is 2.19. The van der Waals surface area contributed by atoms with E-state index in [0.717, 1.165) is 0 Å². The standard InChI is InChI=1S/C10H16FN3O/c1-6(2)8(4-15)14-10-9(11)7(3)12-5-13-10/h5-6,8,15H,4H2,1-3H3,(H,12,13,14). The molecule has 0 aromatic carbocycles. The summed E-state index contributed by atoms with van der Waals surface area (Å²) in [5.74, 6) is -0.114. The first-order valence-electron chi connectivity index (χ1n) is 4.90. The van der Waals surface area contributed by atoms with Gasteiger partial charge in [-0.3, -0.25) is 0 Å². The fourth-order valence-corrected chi connectivity index (χ4v) is 1.16. The van der Waals surface area contributed by atoms with E-state index >= 15 is 0 Å². The maximum atomic E-state index is 13.5. The normalized spacial score (nSPS) is 12.9. The predicted molar refractivity (Wildman–Crippen MR) is 56.1 cm³/mol. The van der Waals surface area contributed by atoms with Crippen LogP contribution in [0.15, 0.2) is 6.33 Å². The molecule has 1 aromatic heterocycles. The Morgan fingerprint density at radius 2 is 2.13 bits per heavy atom. The van der Waals surface area contributed by atoms with Gasteiger partial charge in [-0.1, -0.05) is 13.8 Å². The summed E-state index contributed by atoms with van der Waals surface area (Å²) in [7, 11) is 0. The molecule has 0 saturated heterocycles. The van der Waals surface area contributed by atoms with Gasteiger partial charge in [0.2, 0.25) is 0 Å². The summed E-state index contributed by atoms with van der Waals surface area (Å²) >= 11 is 0. The lowest BCUT2D eigenvalue weighted by molar-refractivity contribution is 0.248. The number of halogens is 1. The molecule has 1 atom stereocenters. The highest BCUT2D eigenvalue weighted by Crippen LogP contribution is 2.15. The van der Waals surface area contributed by atoms with E-state index in [1.165, 1.54) is 6.33 Å². The topological polar surface area (TPSA) is 58.0 Å². The van der Waals surface area contributed by atoms with Crippen LogP contribution in [0, 0.1) is 18.7 Å². The summed E-state index contributed by atoms with van der Waals surface area (Å²) in [6.45, 7) is 5.41. The first-order valence-corrected chi connectivity index (χ1v) is 4.90. The van der Waals surface area contributed by atoms with Gasteiger partial charge in [-0.25, -0.2) is 14.4 Å². The van der Waals surface area contributed by atoms with Crippen molar-refractivity contribution in [3.63, 3.8) is 0 Å². The van der Waals surface area contributed by atoms with Crippen LogP contribution in [0.2, 0.25) is 0 Å². The van der Waals surface area contributed by atoms with Crippen LogP contribution in [0.5, 0.6) is 0 Å². The molecule has 0 spiro atoms. The molecule has 1 rings (SSSR count). The van der Waals surface area contributed by atoms with Crippen LogP contribution in [0.25, 0.3) is 0 Å². The van der Waals surface area contributed by atoms with E-state index in [-0.39, 0.29) is 24.4 Å². The van der Waals surface area contributed by atoms with Gasteiger partial charge in [-0.2, -0.15) is 0 Å². The number of aryl methyl sites for hydroxylation is 1. The van der Waals surface area contributed by atoms with E-state index in [0.29, 0.717) is 5.69 Å². The summed E-state index contributed by atoms with van der Waals surface area (Å²) in [5, 5.41) is 12.0. The minimum atomic E-state index is -0.461. The van der Waals surface area contributed by atoms with Gasteiger partial charge < -0.3 is 10.4 Å². The molecule has 0 amide bonds. The van der Waals surface area contributed by atoms with Crippen LogP contribution in [-0.2, 0) is 0 Å². The SMILES string of the molecule is Cc1ncnc(NC(CO)C(C)C)c1F. The molecule has 0 radical (unpaired) electrons. The monoisotopic (exact) mass is 213 g/mol. The Morgan fingerprint density at radius 3 is 2.67 bits per heavy atom. The molecule has 4 nitrogen and oxygen atoms in total. The lowest BCUT2D eigenvalue weighted by Gasteiger charge is -2.20. The van der Waals surface area contributed by atoms with Crippen molar-refractivity contribution in [2.75, 3.05) is 11.9 Å². The van der Waals surface area contributed by atoms with Crippen molar-refractivity contribution < 1.29 is 9.50 Å². The van der Waals surface area contributed by atoms with Crippen LogP contribution in [0.4, 0.5) is 10.2 Å². The van der Waals surface area contributed by atoms with E-state index in [1.807, 2.05) is 13.8 Å². The van der Waals surface area contributed by atoms with Gasteiger partial charge in [-0.15, -0.1) is 0 Å². The van der Waals surface area contributed by atoms with Crippen molar-refractivity contribution in [3.05, 3.63) is 17.8 Å². The maximum Gasteiger partial charge on any atom is 0.186 e. The largest absolute Gasteiger partial charge is 0.394 e. The molecular formula is C10H16FN3O. The number of aliphatic hydroxyl groups excluding tert-OH is 1. The Kier molecular flexibility index (Phi) is 3.96. The fourth-order valence-electron chi connectivity index (χ4n) is 1.16. The van der Waals surface area contributed by atoms with Gasteiger partial charge in [0.25, 0.3) is 0 Å². The molecule has 84 valence electrons. The molecule has 0 aliphatic heterocycles. The minimum Gasteiger partial charge on any atom is -0.394 e. The highest BCUT2D eigenvalue weighted by atomic mass is 19.1. The summed E-state index contributed by atoms with van der Waals surface area (Å²) in [4.78, 5) is 7.53. The first kappa shape index (κ1) is 11.8. The number of nitrogens with zero attached hydrogens (tertiary/aromatic N) is 2. The molecule has 1 heterocycles. The third-order valence-electron chi connectivity index (χ3n) is 2.29. The Bertz CT molecular complexity index is 330. The van der Waals surface area contributed by atoms with Gasteiger partial charge >= 0.3 is 0 Å². The third-order valence-corrected chi connectivity index (χ3v) is 2.29. The first-order chi connectivity index (χ1) is 7.06. The fraction of sp³-hybridized carbons (Fsp3) is 0.600. The number of aromatic nitrogens is 2. The Morgan fingerprint density at radius 1 is 1.47 bits per heavy atom. The molecule has 0 aliphatic rings. The van der Waals surface area contributed by atoms with E-state index in [4.69, 9.17) is 5.11 Å². The Hall–Kier alpha value is -1.23. The number of hydrogen-bond acceptors (Lipinski definition) is 4. The van der Waals surface area contributed by atoms with Crippen molar-refractivity contribution >= 4 is 5.82 Å². The second-order valence-corrected chi connectivity index (χ2v) is 3.80. The average molecular weight is 213 g/mol. The van der Waals surface area contributed by atoms with Gasteiger partial charge in [0.1, 0.15) is 6.33 Å². The van der Waals surface area contributed by atoms with Gasteiger partial charge in [0.05, 0.1) is 18.3 Å². The van der Waals surface area contributed by atoms with Crippen molar-refractivity contribution in [2.45, 2.75) is 26.8 Å². The van der Waals surface area contributed by atoms with Crippen molar-refractivity contribution in [1.29, 1.82) is 0 Å². The number of rotatable bonds is 4. The van der Waals surface area contributed by atoms with Gasteiger partial charge in [-0.05, 0) is 12.8 Å². The van der Waals surface area contributed by atoms with Crippen LogP contribution < -0.4 is 5.32 Å². The summed E-state index contributed by atoms with van der Waals surface area (Å²) in [6.07, 6.45) is 1.30. The molecule has 0 fully saturated rings. The number of aliphatic hydroxyl groups is 1. The number of hydrogen-bond donors (Lipinski definition) is 2. The molecule has 2 N–H and O–H groups in total. The van der Waals surface area contributed by atoms with E-state index < -0.39 is 5.82 Å². The van der Waals surface area contributed by atoms with Crippen molar-refractivity contribution in [2.24, 2.45) is 5.92 Å². The lowest BCUT2D eigenvalue weighted by Crippen LogP contribution is -2.30. The highest BCUT2D eigenvalue weighted by molar-refractivity contribution is 5.38. The minimum absolute atomic E-state index is 0.0554. The molecule has 0 aliphatic carbocycles. The Balaban J connectivity index is 2.84. The quantitative estimate of drug-likeness (QED) is 0.792. The zero-order chi connectivity index (χ0) is 11.4. The van der Waals surface area contributed by atoms with Crippen molar-refractivity contribution in [3.8, 4) is 0 Å². The summed E-state index contributed by atoms with van der Waals surface area (Å²) < 4.78 is 13.5. The van der Waals surface area contributed by atoms with E-state index in [9.17, 15) is 4.39 Å². The second-order valence-electron chi connectivity index (χ2n) is 3.80. The summed E-state index contributed by atoms with van der Waals surface area (Å²) in [6, 6.07) is -0.200. The van der Waals surface area contributed by atoms with Crippen LogP contribution in [-0.4, -0.2) is 27.7 Å². The molecule has 1 aromatic rings. The zero-order valence-electron chi connectivity index (χ0n) is 9.16. The molecule has 15 heavy (non-hydrogen) atoms. The maximum absolute atomic E-state index is 13.5. The van der Waals surface area contributed by atoms with Gasteiger partial charge in [0, 0.05) is 0 Å². The number of nitrogens with one attached hydrogen (secondary N) is 1. The van der Waals surface area contributed by atoms with E-state index in [1.54, 1.807) is 6.92 Å². The smallest absolute Gasteiger partial charge is 0.186 e. The highest BCUT2D eigenvalue weighted by Gasteiger charge is 2.15. The third kappa shape index (κ3) is 2.86. The molecule has 1 unspecified atom stereocenters. The van der Waals surface area contributed by atoms with Gasteiger partial charge in [0.15, 0.2) is 11.6 Å². The predicted octanol–water partition coefficient (Wildman–Crippen LogP) is 1.35. The summed E-state index contributed by atoms with van der Waals surface area (Å²) in [5.41, 5.74) is 0.299. The van der Waals surface area contributed by atoms with E-state index in [2.05, 4.69) is 15.3 Å². The van der Waals surface area contributed by atoms with Crippen LogP contribution >= 0.6 is 0 Å². The number of anilines is 1. The molecule has 0 bridgehead atoms. The Labute approximate surface area is 88.6 Å². The van der Waals surface area contributed by atoms with Crippen LogP contribution in [0.1, 0.15) is 19.5 Å². The molecule has 5 heteroatoms.